The molecule has 2 aromatic carbocycles. The Morgan fingerprint density at radius 1 is 1.15 bits per heavy atom. The van der Waals surface area contributed by atoms with E-state index in [1.54, 1.807) is 6.20 Å². The largest absolute Gasteiger partial charge is 0.337 e. The fourth-order valence-corrected chi connectivity index (χ4v) is 3.09. The molecule has 26 heavy (non-hydrogen) atoms. The summed E-state index contributed by atoms with van der Waals surface area (Å²) < 4.78 is 2.48. The van der Waals surface area contributed by atoms with E-state index >= 15 is 0 Å². The van der Waals surface area contributed by atoms with Crippen molar-refractivity contribution in [3.05, 3.63) is 76.8 Å². The molecule has 0 spiro atoms. The van der Waals surface area contributed by atoms with Crippen LogP contribution in [0.5, 0.6) is 0 Å². The number of anilines is 1. The number of rotatable bonds is 7. The van der Waals surface area contributed by atoms with Crippen molar-refractivity contribution >= 4 is 23.8 Å². The van der Waals surface area contributed by atoms with Crippen LogP contribution >= 0.6 is 12.2 Å². The number of amides is 1. The van der Waals surface area contributed by atoms with Crippen molar-refractivity contribution in [2.45, 2.75) is 32.6 Å². The van der Waals surface area contributed by atoms with Crippen LogP contribution in [-0.4, -0.2) is 15.5 Å². The molecule has 0 unspecified atom stereocenters. The van der Waals surface area contributed by atoms with Gasteiger partial charge in [0.05, 0.1) is 6.42 Å². The highest BCUT2D eigenvalue weighted by Crippen LogP contribution is 2.16. The van der Waals surface area contributed by atoms with Crippen LogP contribution in [0.2, 0.25) is 0 Å². The van der Waals surface area contributed by atoms with E-state index in [0.29, 0.717) is 11.2 Å². The van der Waals surface area contributed by atoms with Gasteiger partial charge in [-0.2, -0.15) is 0 Å². The summed E-state index contributed by atoms with van der Waals surface area (Å²) in [5.74, 6) is -0.0267. The molecule has 3 rings (SSSR count). The molecule has 0 aliphatic heterocycles. The summed E-state index contributed by atoms with van der Waals surface area (Å²) in [5.41, 5.74) is 4.02. The van der Waals surface area contributed by atoms with Crippen LogP contribution in [0.15, 0.2) is 60.9 Å². The van der Waals surface area contributed by atoms with E-state index in [4.69, 9.17) is 12.2 Å². The normalized spacial score (nSPS) is 10.7. The molecule has 1 aromatic heterocycles. The molecule has 134 valence electrons. The summed E-state index contributed by atoms with van der Waals surface area (Å²) in [6.07, 6.45) is 7.50. The third-order valence-corrected chi connectivity index (χ3v) is 4.58. The molecular weight excluding hydrogens is 342 g/mol. The number of H-pyrrole nitrogens is 1. The Hall–Kier alpha value is -2.66. The Kier molecular flexibility index (Phi) is 6.02. The summed E-state index contributed by atoms with van der Waals surface area (Å²) >= 11 is 5.24. The van der Waals surface area contributed by atoms with Gasteiger partial charge >= 0.3 is 0 Å². The lowest BCUT2D eigenvalue weighted by atomic mass is 10.0. The number of aryl methyl sites for hydroxylation is 1. The van der Waals surface area contributed by atoms with Crippen molar-refractivity contribution in [1.82, 2.24) is 9.55 Å². The van der Waals surface area contributed by atoms with E-state index in [2.05, 4.69) is 29.4 Å². The summed E-state index contributed by atoms with van der Waals surface area (Å²) in [4.78, 5) is 15.3. The van der Waals surface area contributed by atoms with Crippen molar-refractivity contribution in [1.29, 1.82) is 0 Å². The number of unbranched alkanes of at least 4 members (excludes halogenated alkanes) is 1. The van der Waals surface area contributed by atoms with Crippen molar-refractivity contribution in [3.63, 3.8) is 0 Å². The van der Waals surface area contributed by atoms with Gasteiger partial charge in [-0.1, -0.05) is 43.7 Å². The van der Waals surface area contributed by atoms with Crippen LogP contribution in [0.3, 0.4) is 0 Å². The molecule has 0 bridgehead atoms. The highest BCUT2D eigenvalue weighted by atomic mass is 32.1. The van der Waals surface area contributed by atoms with Crippen LogP contribution in [0.1, 0.15) is 30.9 Å². The minimum absolute atomic E-state index is 0.0267. The van der Waals surface area contributed by atoms with Crippen molar-refractivity contribution < 1.29 is 4.79 Å². The van der Waals surface area contributed by atoms with Crippen molar-refractivity contribution in [2.24, 2.45) is 0 Å². The number of hydrogen-bond donors (Lipinski definition) is 2. The zero-order valence-corrected chi connectivity index (χ0v) is 15.7. The van der Waals surface area contributed by atoms with E-state index in [1.165, 1.54) is 18.4 Å². The molecule has 4 nitrogen and oxygen atoms in total. The zero-order valence-electron chi connectivity index (χ0n) is 14.9. The molecule has 2 N–H and O–H groups in total. The predicted molar refractivity (Wildman–Crippen MR) is 108 cm³/mol. The second-order valence-electron chi connectivity index (χ2n) is 6.33. The number of carbonyl (C=O) groups is 1. The van der Waals surface area contributed by atoms with E-state index < -0.39 is 0 Å². The monoisotopic (exact) mass is 365 g/mol. The molecule has 0 aliphatic rings. The fraction of sp³-hybridized carbons (Fsp3) is 0.238. The fourth-order valence-electron chi connectivity index (χ4n) is 2.85. The Morgan fingerprint density at radius 2 is 1.92 bits per heavy atom. The van der Waals surface area contributed by atoms with Gasteiger partial charge in [0.2, 0.25) is 5.91 Å². The molecular formula is C21H23N3OS. The Labute approximate surface area is 158 Å². The molecule has 0 saturated carbocycles. The van der Waals surface area contributed by atoms with Crippen molar-refractivity contribution in [3.8, 4) is 5.69 Å². The summed E-state index contributed by atoms with van der Waals surface area (Å²) in [5, 5.41) is 2.96. The lowest BCUT2D eigenvalue weighted by Gasteiger charge is -2.09. The summed E-state index contributed by atoms with van der Waals surface area (Å²) in [6, 6.07) is 16.0. The molecule has 0 radical (unpaired) electrons. The van der Waals surface area contributed by atoms with Gasteiger partial charge in [-0.3, -0.25) is 9.36 Å². The quantitative estimate of drug-likeness (QED) is 0.575. The third kappa shape index (κ3) is 4.70. The van der Waals surface area contributed by atoms with Gasteiger partial charge in [0.15, 0.2) is 4.77 Å². The first-order valence-electron chi connectivity index (χ1n) is 8.90. The van der Waals surface area contributed by atoms with E-state index in [1.807, 2.05) is 47.2 Å². The SMILES string of the molecule is CCCCc1ccc(CC(=O)Nc2cccc(-n3cc[nH]c3=S)c2)cc1. The highest BCUT2D eigenvalue weighted by Gasteiger charge is 2.06. The molecule has 0 atom stereocenters. The van der Waals surface area contributed by atoms with Gasteiger partial charge in [0.1, 0.15) is 0 Å². The number of benzene rings is 2. The molecule has 0 aliphatic carbocycles. The number of hydrogen-bond acceptors (Lipinski definition) is 2. The highest BCUT2D eigenvalue weighted by molar-refractivity contribution is 7.71. The first-order valence-corrected chi connectivity index (χ1v) is 9.30. The maximum absolute atomic E-state index is 12.4. The third-order valence-electron chi connectivity index (χ3n) is 4.26. The number of aromatic nitrogens is 2. The molecule has 1 amide bonds. The van der Waals surface area contributed by atoms with Crippen LogP contribution in [-0.2, 0) is 17.6 Å². The minimum Gasteiger partial charge on any atom is -0.337 e. The van der Waals surface area contributed by atoms with Gasteiger partial charge in [0.25, 0.3) is 0 Å². The van der Waals surface area contributed by atoms with Gasteiger partial charge in [0, 0.05) is 23.8 Å². The van der Waals surface area contributed by atoms with Gasteiger partial charge in [-0.15, -0.1) is 0 Å². The molecule has 1 heterocycles. The topological polar surface area (TPSA) is 49.8 Å². The standard InChI is InChI=1S/C21H23N3OS/c1-2-3-5-16-8-10-17(11-9-16)14-20(25)23-18-6-4-7-19(15-18)24-13-12-22-21(24)26/h4,6-13,15H,2-3,5,14H2,1H3,(H,22,26)(H,23,25). The first-order chi connectivity index (χ1) is 12.7. The number of nitrogens with zero attached hydrogens (tertiary/aromatic N) is 1. The number of imidazole rings is 1. The molecule has 0 fully saturated rings. The van der Waals surface area contributed by atoms with E-state index in [-0.39, 0.29) is 5.91 Å². The average Bonchev–Trinajstić information content (AvgIpc) is 3.07. The maximum Gasteiger partial charge on any atom is 0.228 e. The van der Waals surface area contributed by atoms with Gasteiger partial charge in [-0.05, 0) is 54.4 Å². The number of carbonyl (C=O) groups excluding carboxylic acids is 1. The molecule has 0 saturated heterocycles. The lowest BCUT2D eigenvalue weighted by molar-refractivity contribution is -0.115. The smallest absolute Gasteiger partial charge is 0.228 e. The second-order valence-corrected chi connectivity index (χ2v) is 6.72. The van der Waals surface area contributed by atoms with E-state index in [9.17, 15) is 4.79 Å². The Bertz CT molecular complexity index is 925. The number of nitrogens with one attached hydrogen (secondary N) is 2. The number of aromatic amines is 1. The molecule has 3 aromatic rings. The lowest BCUT2D eigenvalue weighted by Crippen LogP contribution is -2.14. The zero-order chi connectivity index (χ0) is 18.4. The van der Waals surface area contributed by atoms with Crippen LogP contribution in [0, 0.1) is 4.77 Å². The minimum atomic E-state index is -0.0267. The van der Waals surface area contributed by atoms with Gasteiger partial charge in [-0.25, -0.2) is 0 Å². The molecule has 5 heteroatoms. The second kappa shape index (κ2) is 8.63. The Morgan fingerprint density at radius 3 is 2.62 bits per heavy atom. The maximum atomic E-state index is 12.4. The average molecular weight is 366 g/mol. The predicted octanol–water partition coefficient (Wildman–Crippen LogP) is 5.06. The summed E-state index contributed by atoms with van der Waals surface area (Å²) in [7, 11) is 0. The van der Waals surface area contributed by atoms with Crippen LogP contribution in [0.25, 0.3) is 5.69 Å². The van der Waals surface area contributed by atoms with E-state index in [0.717, 1.165) is 23.4 Å². The summed E-state index contributed by atoms with van der Waals surface area (Å²) in [6.45, 7) is 2.19. The first kappa shape index (κ1) is 18.1. The van der Waals surface area contributed by atoms with Gasteiger partial charge < -0.3 is 10.3 Å². The van der Waals surface area contributed by atoms with Crippen molar-refractivity contribution in [2.75, 3.05) is 5.32 Å². The van der Waals surface area contributed by atoms with Crippen LogP contribution < -0.4 is 5.32 Å². The van der Waals surface area contributed by atoms with Crippen LogP contribution in [0.4, 0.5) is 5.69 Å². The Balaban J connectivity index is 1.63.